The quantitative estimate of drug-likeness (QED) is 0.245. The third-order valence-electron chi connectivity index (χ3n) is 9.58. The molecule has 7 nitrogen and oxygen atoms in total. The normalized spacial score (nSPS) is 22.6. The Morgan fingerprint density at radius 2 is 1.80 bits per heavy atom. The Morgan fingerprint density at radius 3 is 2.51 bits per heavy atom. The van der Waals surface area contributed by atoms with Gasteiger partial charge in [-0.3, -0.25) is 4.21 Å². The molecular weight excluding hydrogens is 532 g/mol. The molecule has 0 N–H and O–H groups in total. The summed E-state index contributed by atoms with van der Waals surface area (Å²) in [6, 6.07) is 18.3. The summed E-state index contributed by atoms with van der Waals surface area (Å²) in [7, 11) is 4.27. The van der Waals surface area contributed by atoms with Gasteiger partial charge >= 0.3 is 0 Å². The zero-order chi connectivity index (χ0) is 29.3. The highest BCUT2D eigenvalue weighted by Crippen LogP contribution is 2.48. The molecule has 6 rings (SSSR count). The molecular formula is C33H40N4O3S. The van der Waals surface area contributed by atoms with Crippen LogP contribution in [0.15, 0.2) is 59.6 Å². The van der Waals surface area contributed by atoms with Gasteiger partial charge in [-0.1, -0.05) is 37.3 Å². The molecule has 3 aliphatic heterocycles. The lowest BCUT2D eigenvalue weighted by Crippen LogP contribution is -2.52. The topological polar surface area (TPSA) is 71.2 Å². The Hall–Kier alpha value is -3.07. The first kappa shape index (κ1) is 28.1. The lowest BCUT2D eigenvalue weighted by molar-refractivity contribution is 0.256. The Bertz CT molecular complexity index is 1670. The largest absolute Gasteiger partial charge is 0.760 e. The van der Waals surface area contributed by atoms with E-state index in [9.17, 15) is 8.76 Å². The van der Waals surface area contributed by atoms with Gasteiger partial charge in [-0.2, -0.15) is 0 Å². The van der Waals surface area contributed by atoms with Gasteiger partial charge in [0, 0.05) is 66.6 Å². The van der Waals surface area contributed by atoms with E-state index in [2.05, 4.69) is 82.5 Å². The minimum Gasteiger partial charge on any atom is -0.760 e. The molecule has 0 bridgehead atoms. The predicted octanol–water partition coefficient (Wildman–Crippen LogP) is 5.15. The van der Waals surface area contributed by atoms with E-state index in [0.717, 1.165) is 51.9 Å². The minimum absolute atomic E-state index is 0.0131. The second-order valence-corrected chi connectivity index (χ2v) is 14.2. The SMILES string of the molecule is CC1CC(C)(C)N(C)c2cc3c(cc21)N=c1cc2c(cc1O3)=[N+](C)C(C)(C)CC2CN(Cc1ccccc1)S(=O)[O-]. The van der Waals surface area contributed by atoms with Crippen molar-refractivity contribution in [2.45, 2.75) is 76.9 Å². The molecule has 3 aliphatic rings. The Morgan fingerprint density at radius 1 is 1.07 bits per heavy atom. The molecule has 0 radical (unpaired) electrons. The molecule has 3 unspecified atom stereocenters. The van der Waals surface area contributed by atoms with Crippen LogP contribution >= 0.6 is 0 Å². The van der Waals surface area contributed by atoms with Crippen LogP contribution in [0.1, 0.15) is 76.0 Å². The van der Waals surface area contributed by atoms with E-state index in [-0.39, 0.29) is 17.0 Å². The van der Waals surface area contributed by atoms with Crippen LogP contribution in [0.25, 0.3) is 0 Å². The third kappa shape index (κ3) is 5.00. The maximum absolute atomic E-state index is 12.4. The van der Waals surface area contributed by atoms with E-state index in [0.29, 0.717) is 19.0 Å². The van der Waals surface area contributed by atoms with Crippen molar-refractivity contribution in [2.75, 3.05) is 25.5 Å². The fourth-order valence-corrected chi connectivity index (χ4v) is 7.46. The summed E-state index contributed by atoms with van der Waals surface area (Å²) in [5.74, 6) is 1.95. The molecule has 3 aromatic rings. The summed E-state index contributed by atoms with van der Waals surface area (Å²) < 4.78 is 35.1. The van der Waals surface area contributed by atoms with Crippen molar-refractivity contribution in [3.8, 4) is 11.5 Å². The van der Waals surface area contributed by atoms with E-state index in [4.69, 9.17) is 9.73 Å². The summed E-state index contributed by atoms with van der Waals surface area (Å²) in [4.78, 5) is 7.46. The van der Waals surface area contributed by atoms with Gasteiger partial charge in [-0.25, -0.2) is 13.9 Å². The van der Waals surface area contributed by atoms with Crippen LogP contribution in [0, 0.1) is 0 Å². The molecule has 3 heterocycles. The molecule has 0 saturated carbocycles. The van der Waals surface area contributed by atoms with Crippen molar-refractivity contribution < 1.29 is 13.5 Å². The summed E-state index contributed by atoms with van der Waals surface area (Å²) in [5.41, 5.74) is 5.33. The van der Waals surface area contributed by atoms with Gasteiger partial charge in [0.1, 0.15) is 18.1 Å². The maximum atomic E-state index is 12.4. The first-order valence-corrected chi connectivity index (χ1v) is 15.5. The fraction of sp³-hybridized carbons (Fsp3) is 0.455. The van der Waals surface area contributed by atoms with Gasteiger partial charge in [0.05, 0.1) is 6.07 Å². The van der Waals surface area contributed by atoms with E-state index < -0.39 is 11.3 Å². The predicted molar refractivity (Wildman–Crippen MR) is 163 cm³/mol. The average molecular weight is 573 g/mol. The molecule has 216 valence electrons. The Kier molecular flexibility index (Phi) is 6.87. The fourth-order valence-electron chi connectivity index (χ4n) is 6.91. The number of ether oxygens (including phenoxy) is 1. The average Bonchev–Trinajstić information content (AvgIpc) is 2.92. The van der Waals surface area contributed by atoms with Crippen LogP contribution in [0.2, 0.25) is 0 Å². The zero-order valence-electron chi connectivity index (χ0n) is 25.1. The second kappa shape index (κ2) is 10.0. The molecule has 0 spiro atoms. The Labute approximate surface area is 245 Å². The molecule has 8 heteroatoms. The first-order chi connectivity index (χ1) is 19.3. The van der Waals surface area contributed by atoms with Gasteiger partial charge in [-0.15, -0.1) is 0 Å². The number of fused-ring (bicyclic) bond motifs is 4. The number of hydrogen-bond donors (Lipinski definition) is 0. The van der Waals surface area contributed by atoms with Crippen LogP contribution in [0.4, 0.5) is 11.4 Å². The summed E-state index contributed by atoms with van der Waals surface area (Å²) in [6.07, 6.45) is 1.90. The monoisotopic (exact) mass is 572 g/mol. The first-order valence-electron chi connectivity index (χ1n) is 14.5. The van der Waals surface area contributed by atoms with Crippen LogP contribution in [0.3, 0.4) is 0 Å². The van der Waals surface area contributed by atoms with E-state index in [1.54, 1.807) is 4.31 Å². The van der Waals surface area contributed by atoms with Crippen LogP contribution < -0.4 is 24.9 Å². The Balaban J connectivity index is 1.43. The molecule has 0 amide bonds. The molecule has 0 aliphatic carbocycles. The van der Waals surface area contributed by atoms with Crippen molar-refractivity contribution in [1.82, 2.24) is 8.88 Å². The number of nitrogens with zero attached hydrogens (tertiary/aromatic N) is 4. The summed E-state index contributed by atoms with van der Waals surface area (Å²) >= 11 is -2.34. The molecule has 0 fully saturated rings. The summed E-state index contributed by atoms with van der Waals surface area (Å²) in [6.45, 7) is 12.0. The number of benzene rings is 3. The van der Waals surface area contributed by atoms with Crippen LogP contribution in [-0.4, -0.2) is 44.8 Å². The molecule has 3 atom stereocenters. The number of rotatable bonds is 5. The highest BCUT2D eigenvalue weighted by Gasteiger charge is 2.40. The molecule has 0 aromatic heterocycles. The summed E-state index contributed by atoms with van der Waals surface area (Å²) in [5, 5.41) is 1.86. The van der Waals surface area contributed by atoms with Crippen molar-refractivity contribution >= 4 is 22.6 Å². The zero-order valence-corrected chi connectivity index (χ0v) is 25.9. The molecule has 41 heavy (non-hydrogen) atoms. The highest BCUT2D eigenvalue weighted by atomic mass is 32.2. The molecule has 3 aromatic carbocycles. The van der Waals surface area contributed by atoms with E-state index >= 15 is 0 Å². The van der Waals surface area contributed by atoms with Gasteiger partial charge in [-0.05, 0) is 63.3 Å². The van der Waals surface area contributed by atoms with E-state index in [1.165, 1.54) is 11.3 Å². The van der Waals surface area contributed by atoms with Gasteiger partial charge in [0.2, 0.25) is 5.36 Å². The van der Waals surface area contributed by atoms with E-state index in [1.807, 2.05) is 30.3 Å². The van der Waals surface area contributed by atoms with Crippen LogP contribution in [-0.2, 0) is 17.8 Å². The minimum atomic E-state index is -2.34. The lowest BCUT2D eigenvalue weighted by atomic mass is 9.80. The van der Waals surface area contributed by atoms with Crippen molar-refractivity contribution in [2.24, 2.45) is 4.99 Å². The van der Waals surface area contributed by atoms with Gasteiger partial charge < -0.3 is 14.2 Å². The van der Waals surface area contributed by atoms with Crippen LogP contribution in [0.5, 0.6) is 11.5 Å². The van der Waals surface area contributed by atoms with Crippen molar-refractivity contribution in [3.63, 3.8) is 0 Å². The molecule has 0 saturated heterocycles. The number of anilines is 1. The van der Waals surface area contributed by atoms with Gasteiger partial charge in [0.15, 0.2) is 17.0 Å². The van der Waals surface area contributed by atoms with Crippen molar-refractivity contribution in [3.05, 3.63) is 82.0 Å². The standard InChI is InChI=1S/C33H40N4O3S/c1-21-17-32(2,3)35(6)28-15-30-26(13-24(21)28)34-27-14-25-23(18-33(4,5)36(7)29(25)16-31(27)40-30)20-37(41(38)39)19-22-11-9-8-10-12-22/h8-16,21,23H,17-20H2,1-7H3. The lowest BCUT2D eigenvalue weighted by Gasteiger charge is -2.45. The third-order valence-corrected chi connectivity index (χ3v) is 10.3. The smallest absolute Gasteiger partial charge is 0.207 e. The van der Waals surface area contributed by atoms with Crippen molar-refractivity contribution in [1.29, 1.82) is 0 Å². The van der Waals surface area contributed by atoms with Gasteiger partial charge in [0.25, 0.3) is 0 Å². The maximum Gasteiger partial charge on any atom is 0.207 e. The number of hydrogen-bond acceptors (Lipinski definition) is 5. The second-order valence-electron chi connectivity index (χ2n) is 13.2. The highest BCUT2D eigenvalue weighted by molar-refractivity contribution is 7.76.